The first-order chi connectivity index (χ1) is 26.1. The van der Waals surface area contributed by atoms with Crippen LogP contribution >= 0.6 is 21.6 Å². The van der Waals surface area contributed by atoms with Crippen molar-refractivity contribution in [2.75, 3.05) is 38.3 Å². The molecule has 1 saturated heterocycles. The maximum absolute atomic E-state index is 13.3. The van der Waals surface area contributed by atoms with E-state index in [0.29, 0.717) is 30.6 Å². The second-order valence-corrected chi connectivity index (χ2v) is 17.3. The molecule has 5 atom stereocenters. The van der Waals surface area contributed by atoms with Gasteiger partial charge in [-0.05, 0) is 72.9 Å². The molecule has 11 nitrogen and oxygen atoms in total. The number of carbonyl (C=O) groups excluding carboxylic acids is 2. The van der Waals surface area contributed by atoms with Crippen LogP contribution in [0.4, 0.5) is 0 Å². The second-order valence-electron chi connectivity index (χ2n) is 14.7. The van der Waals surface area contributed by atoms with Gasteiger partial charge < -0.3 is 24.6 Å². The van der Waals surface area contributed by atoms with Gasteiger partial charge in [-0.25, -0.2) is 4.79 Å². The first kappa shape index (κ1) is 41.6. The number of aromatic nitrogens is 2. The Kier molecular flexibility index (Phi) is 16.2. The minimum Gasteiger partial charge on any atom is -0.496 e. The van der Waals surface area contributed by atoms with E-state index in [1.807, 2.05) is 50.2 Å². The summed E-state index contributed by atoms with van der Waals surface area (Å²) in [5.41, 5.74) is 5.02. The van der Waals surface area contributed by atoms with E-state index in [-0.39, 0.29) is 42.3 Å². The molecular formula is C41H56N4O7S2. The summed E-state index contributed by atoms with van der Waals surface area (Å²) in [5.74, 6) is 0.0925. The maximum Gasteiger partial charge on any atom is 0.326 e. The van der Waals surface area contributed by atoms with Crippen molar-refractivity contribution in [3.8, 4) is 17.0 Å². The fourth-order valence-electron chi connectivity index (χ4n) is 7.34. The van der Waals surface area contributed by atoms with Crippen LogP contribution in [0.25, 0.3) is 11.3 Å². The lowest BCUT2D eigenvalue weighted by Gasteiger charge is -2.37. The van der Waals surface area contributed by atoms with Gasteiger partial charge in [0, 0.05) is 43.3 Å². The van der Waals surface area contributed by atoms with Crippen LogP contribution in [0.2, 0.25) is 0 Å². The first-order valence-corrected chi connectivity index (χ1v) is 21.6. The third-order valence-electron chi connectivity index (χ3n) is 10.5. The van der Waals surface area contributed by atoms with Gasteiger partial charge >= 0.3 is 11.9 Å². The fourth-order valence-corrected chi connectivity index (χ4v) is 9.82. The van der Waals surface area contributed by atoms with Crippen molar-refractivity contribution in [3.05, 3.63) is 71.4 Å². The summed E-state index contributed by atoms with van der Waals surface area (Å²) in [6.07, 6.45) is 8.48. The third-order valence-corrected chi connectivity index (χ3v) is 12.9. The summed E-state index contributed by atoms with van der Waals surface area (Å²) >= 11 is 0. The predicted octanol–water partition coefficient (Wildman–Crippen LogP) is 6.74. The molecule has 54 heavy (non-hydrogen) atoms. The topological polar surface area (TPSA) is 143 Å². The number of carbonyl (C=O) groups is 3. The minimum absolute atomic E-state index is 0.0171. The summed E-state index contributed by atoms with van der Waals surface area (Å²) in [7, 11) is 4.77. The highest BCUT2D eigenvalue weighted by Gasteiger charge is 2.36. The van der Waals surface area contributed by atoms with E-state index >= 15 is 0 Å². The Balaban J connectivity index is 0.989. The number of ether oxygens (including phenoxy) is 3. The van der Waals surface area contributed by atoms with Crippen molar-refractivity contribution in [2.24, 2.45) is 11.8 Å². The Bertz CT molecular complexity index is 1640. The molecule has 294 valence electrons. The largest absolute Gasteiger partial charge is 0.496 e. The number of likely N-dealkylation sites (tertiary alicyclic amines) is 1. The molecule has 3 N–H and O–H groups in total. The normalized spacial score (nSPS) is 20.1. The maximum atomic E-state index is 13.3. The molecule has 13 heteroatoms. The summed E-state index contributed by atoms with van der Waals surface area (Å²) in [4.78, 5) is 40.6. The molecule has 2 fully saturated rings. The van der Waals surface area contributed by atoms with Gasteiger partial charge in [0.05, 0.1) is 37.9 Å². The SMILES string of the molecule is COc1ccc(CCO[C@@H]2CCCC[C@H]2N2CC[C@@H](OC(=O)CCSSC[C@H](C(=O)N[C@@H](Cc3ccc(-c4ccn[nH]4)cc3)C(=O)O)C(C)C)C2)cc1C. The predicted molar refractivity (Wildman–Crippen MR) is 215 cm³/mol. The standard InChI is InChI=1S/C41H56N4O7S2/c1-27(2)33(40(47)43-35(41(48)49)24-29-9-12-31(13-10-29)34-15-19-42-44-34)26-54-53-22-18-39(46)52-32-16-20-45(25-32)36-7-5-6-8-38(36)51-21-17-30-11-14-37(50-4)28(3)23-30/h9-15,19,23,27,32-33,35-36,38H,5-8,16-18,20-22,24-26H2,1-4H3,(H,42,44)(H,43,47)(H,48,49)/t32-,33+,35+,36-,38-/m1/s1. The fraction of sp³-hybridized carbons (Fsp3) is 0.561. The number of amides is 1. The highest BCUT2D eigenvalue weighted by atomic mass is 33.1. The van der Waals surface area contributed by atoms with Crippen LogP contribution in [0.5, 0.6) is 5.75 Å². The Labute approximate surface area is 327 Å². The number of rotatable bonds is 20. The minimum atomic E-state index is -1.07. The second kappa shape index (κ2) is 21.0. The van der Waals surface area contributed by atoms with Gasteiger partial charge in [-0.15, -0.1) is 0 Å². The van der Waals surface area contributed by atoms with E-state index in [9.17, 15) is 19.5 Å². The van der Waals surface area contributed by atoms with Crippen LogP contribution in [0.1, 0.15) is 69.1 Å². The van der Waals surface area contributed by atoms with Gasteiger partial charge in [-0.1, -0.05) is 84.7 Å². The van der Waals surface area contributed by atoms with E-state index in [2.05, 4.69) is 39.5 Å². The molecule has 2 aliphatic rings. The number of aliphatic carboxylic acids is 1. The van der Waals surface area contributed by atoms with Crippen molar-refractivity contribution in [1.82, 2.24) is 20.4 Å². The monoisotopic (exact) mass is 780 g/mol. The number of aryl methyl sites for hydroxylation is 1. The molecule has 0 radical (unpaired) electrons. The zero-order chi connectivity index (χ0) is 38.5. The van der Waals surface area contributed by atoms with Crippen LogP contribution < -0.4 is 10.1 Å². The lowest BCUT2D eigenvalue weighted by Crippen LogP contribution is -2.46. The van der Waals surface area contributed by atoms with E-state index in [1.165, 1.54) is 29.2 Å². The Morgan fingerprint density at radius 2 is 1.81 bits per heavy atom. The van der Waals surface area contributed by atoms with Gasteiger partial charge in [-0.3, -0.25) is 19.6 Å². The molecule has 1 aromatic heterocycles. The van der Waals surface area contributed by atoms with Crippen LogP contribution in [-0.4, -0.2) is 101 Å². The number of nitrogens with one attached hydrogen (secondary N) is 2. The first-order valence-electron chi connectivity index (χ1n) is 19.2. The Morgan fingerprint density at radius 3 is 2.52 bits per heavy atom. The number of carboxylic acids is 1. The molecule has 1 amide bonds. The van der Waals surface area contributed by atoms with E-state index < -0.39 is 12.0 Å². The average molecular weight is 781 g/mol. The number of methoxy groups -OCH3 is 1. The van der Waals surface area contributed by atoms with Crippen molar-refractivity contribution < 1.29 is 33.7 Å². The van der Waals surface area contributed by atoms with Gasteiger partial charge in [0.1, 0.15) is 17.9 Å². The van der Waals surface area contributed by atoms with Crippen LogP contribution in [-0.2, 0) is 36.7 Å². The zero-order valence-corrected chi connectivity index (χ0v) is 33.6. The summed E-state index contributed by atoms with van der Waals surface area (Å²) in [6.45, 7) is 8.33. The molecule has 2 heterocycles. The van der Waals surface area contributed by atoms with Crippen molar-refractivity contribution in [1.29, 1.82) is 0 Å². The molecule has 0 spiro atoms. The van der Waals surface area contributed by atoms with Gasteiger partial charge in [-0.2, -0.15) is 5.10 Å². The van der Waals surface area contributed by atoms with Gasteiger partial charge in [0.2, 0.25) is 5.91 Å². The number of hydrogen-bond acceptors (Lipinski definition) is 10. The lowest BCUT2D eigenvalue weighted by atomic mass is 9.91. The highest BCUT2D eigenvalue weighted by Crippen LogP contribution is 2.31. The number of H-pyrrole nitrogens is 1. The Morgan fingerprint density at radius 1 is 1.04 bits per heavy atom. The number of esters is 1. The summed E-state index contributed by atoms with van der Waals surface area (Å²) in [5, 5.41) is 19.6. The lowest BCUT2D eigenvalue weighted by molar-refractivity contribution is -0.148. The van der Waals surface area contributed by atoms with Gasteiger partial charge in [0.15, 0.2) is 0 Å². The van der Waals surface area contributed by atoms with E-state index in [1.54, 1.807) is 24.1 Å². The van der Waals surface area contributed by atoms with Crippen molar-refractivity contribution in [2.45, 2.75) is 96.4 Å². The number of nitrogens with zero attached hydrogens (tertiary/aromatic N) is 2. The molecule has 2 aromatic carbocycles. The molecule has 5 rings (SSSR count). The molecule has 1 aliphatic heterocycles. The van der Waals surface area contributed by atoms with Crippen LogP contribution in [0.15, 0.2) is 54.7 Å². The van der Waals surface area contributed by atoms with Crippen molar-refractivity contribution in [3.63, 3.8) is 0 Å². The smallest absolute Gasteiger partial charge is 0.326 e. The molecule has 1 aliphatic carbocycles. The number of benzene rings is 2. The molecular weight excluding hydrogens is 725 g/mol. The average Bonchev–Trinajstić information content (AvgIpc) is 3.86. The summed E-state index contributed by atoms with van der Waals surface area (Å²) in [6, 6.07) is 15.0. The molecule has 0 bridgehead atoms. The van der Waals surface area contributed by atoms with Gasteiger partial charge in [0.25, 0.3) is 0 Å². The van der Waals surface area contributed by atoms with Crippen LogP contribution in [0, 0.1) is 18.8 Å². The molecule has 3 aromatic rings. The Hall–Kier alpha value is -3.52. The van der Waals surface area contributed by atoms with E-state index in [0.717, 1.165) is 66.9 Å². The summed E-state index contributed by atoms with van der Waals surface area (Å²) < 4.78 is 17.8. The van der Waals surface area contributed by atoms with Crippen molar-refractivity contribution >= 4 is 39.4 Å². The number of hydrogen-bond donors (Lipinski definition) is 3. The number of aromatic amines is 1. The number of carboxylic acid groups (broad SMARTS) is 1. The molecule has 1 saturated carbocycles. The highest BCUT2D eigenvalue weighted by molar-refractivity contribution is 8.76. The van der Waals surface area contributed by atoms with E-state index in [4.69, 9.17) is 14.2 Å². The quantitative estimate of drug-likeness (QED) is 0.0638. The molecule has 0 unspecified atom stereocenters. The zero-order valence-electron chi connectivity index (χ0n) is 32.0. The third kappa shape index (κ3) is 12.2. The van der Waals surface area contributed by atoms with Crippen LogP contribution in [0.3, 0.4) is 0 Å².